The first-order valence-corrected chi connectivity index (χ1v) is 10.8. The number of likely N-dealkylation sites (tertiary alicyclic amines) is 1. The van der Waals surface area contributed by atoms with Crippen LogP contribution in [-0.4, -0.2) is 55.6 Å². The molecule has 6 nitrogen and oxygen atoms in total. The van der Waals surface area contributed by atoms with Crippen molar-refractivity contribution in [1.29, 1.82) is 0 Å². The molecule has 1 saturated heterocycles. The third-order valence-corrected chi connectivity index (χ3v) is 5.66. The Labute approximate surface area is 195 Å². The molecule has 8 heteroatoms. The average molecular weight is 535 g/mol. The molecule has 1 aromatic carbocycles. The highest BCUT2D eigenvalue weighted by molar-refractivity contribution is 14.0. The first-order valence-electron chi connectivity index (χ1n) is 10.4. The predicted molar refractivity (Wildman–Crippen MR) is 128 cm³/mol. The molecule has 1 heterocycles. The Bertz CT molecular complexity index is 682. The lowest BCUT2D eigenvalue weighted by atomic mass is 10.1. The second-order valence-corrected chi connectivity index (χ2v) is 7.84. The molecule has 2 fully saturated rings. The van der Waals surface area contributed by atoms with E-state index < -0.39 is 0 Å². The van der Waals surface area contributed by atoms with Gasteiger partial charge in [0.05, 0.1) is 11.6 Å². The SMILES string of the molecule is CCNC(=NCCOc1ccccc1Cl)NC1CCN(C(=O)C2CCCC2)C1.I. The maximum absolute atomic E-state index is 12.6. The third-order valence-electron chi connectivity index (χ3n) is 5.34. The molecule has 1 saturated carbocycles. The van der Waals surface area contributed by atoms with Crippen LogP contribution in [0, 0.1) is 5.92 Å². The molecule has 2 N–H and O–H groups in total. The lowest BCUT2D eigenvalue weighted by molar-refractivity contribution is -0.134. The van der Waals surface area contributed by atoms with Gasteiger partial charge in [-0.05, 0) is 38.3 Å². The van der Waals surface area contributed by atoms with Crippen LogP contribution in [0.1, 0.15) is 39.0 Å². The molecule has 0 aromatic heterocycles. The first-order chi connectivity index (χ1) is 13.7. The van der Waals surface area contributed by atoms with Gasteiger partial charge in [0.2, 0.25) is 5.91 Å². The molecule has 0 spiro atoms. The van der Waals surface area contributed by atoms with Crippen LogP contribution in [0.5, 0.6) is 5.75 Å². The van der Waals surface area contributed by atoms with Gasteiger partial charge in [0.1, 0.15) is 12.4 Å². The summed E-state index contributed by atoms with van der Waals surface area (Å²) in [6, 6.07) is 7.68. The molecule has 0 radical (unpaired) electrons. The number of rotatable bonds is 7. The number of halogens is 2. The normalized spacial score (nSPS) is 19.7. The van der Waals surface area contributed by atoms with Crippen LogP contribution in [0.3, 0.4) is 0 Å². The second-order valence-electron chi connectivity index (χ2n) is 7.44. The van der Waals surface area contributed by atoms with Gasteiger partial charge in [-0.2, -0.15) is 0 Å². The molecule has 29 heavy (non-hydrogen) atoms. The molecular weight excluding hydrogens is 503 g/mol. The zero-order valence-corrected chi connectivity index (χ0v) is 20.1. The number of aliphatic imine (C=N–C) groups is 1. The summed E-state index contributed by atoms with van der Waals surface area (Å²) in [6.07, 6.45) is 5.46. The van der Waals surface area contributed by atoms with E-state index in [0.717, 1.165) is 44.9 Å². The number of hydrogen-bond acceptors (Lipinski definition) is 3. The van der Waals surface area contributed by atoms with Gasteiger partial charge < -0.3 is 20.3 Å². The Morgan fingerprint density at radius 1 is 1.28 bits per heavy atom. The van der Waals surface area contributed by atoms with E-state index in [1.807, 2.05) is 36.1 Å². The van der Waals surface area contributed by atoms with Gasteiger partial charge in [-0.15, -0.1) is 24.0 Å². The predicted octanol–water partition coefficient (Wildman–Crippen LogP) is 3.68. The standard InChI is InChI=1S/C21H31ClN4O2.HI/c1-2-23-21(24-12-14-28-19-10-6-5-9-18(19)22)25-17-11-13-26(15-17)20(27)16-7-3-4-8-16;/h5-6,9-10,16-17H,2-4,7-8,11-15H2,1H3,(H2,23,24,25);1H. The van der Waals surface area contributed by atoms with Crippen LogP contribution in [-0.2, 0) is 4.79 Å². The summed E-state index contributed by atoms with van der Waals surface area (Å²) in [5.74, 6) is 2.04. The van der Waals surface area contributed by atoms with Crippen LogP contribution >= 0.6 is 35.6 Å². The molecule has 162 valence electrons. The summed E-state index contributed by atoms with van der Waals surface area (Å²) in [5.41, 5.74) is 0. The van der Waals surface area contributed by atoms with E-state index in [0.29, 0.717) is 29.8 Å². The van der Waals surface area contributed by atoms with Gasteiger partial charge in [0.25, 0.3) is 0 Å². The van der Waals surface area contributed by atoms with Crippen molar-refractivity contribution in [2.45, 2.75) is 45.1 Å². The number of guanidine groups is 1. The Morgan fingerprint density at radius 3 is 2.76 bits per heavy atom. The largest absolute Gasteiger partial charge is 0.490 e. The summed E-state index contributed by atoms with van der Waals surface area (Å²) < 4.78 is 5.69. The van der Waals surface area contributed by atoms with Gasteiger partial charge in [-0.3, -0.25) is 4.79 Å². The van der Waals surface area contributed by atoms with Crippen molar-refractivity contribution in [1.82, 2.24) is 15.5 Å². The Balaban J connectivity index is 0.00000300. The van der Waals surface area contributed by atoms with Crippen LogP contribution in [0.2, 0.25) is 5.02 Å². The Morgan fingerprint density at radius 2 is 2.03 bits per heavy atom. The van der Waals surface area contributed by atoms with Crippen LogP contribution in [0.25, 0.3) is 0 Å². The highest BCUT2D eigenvalue weighted by Gasteiger charge is 2.32. The number of nitrogens with one attached hydrogen (secondary N) is 2. The molecule has 1 atom stereocenters. The maximum atomic E-state index is 12.6. The van der Waals surface area contributed by atoms with Crippen molar-refractivity contribution in [3.8, 4) is 5.75 Å². The monoisotopic (exact) mass is 534 g/mol. The smallest absolute Gasteiger partial charge is 0.225 e. The zero-order chi connectivity index (χ0) is 19.8. The van der Waals surface area contributed by atoms with Crippen molar-refractivity contribution in [2.24, 2.45) is 10.9 Å². The number of carbonyl (C=O) groups is 1. The van der Waals surface area contributed by atoms with Crippen molar-refractivity contribution >= 4 is 47.4 Å². The Hall–Kier alpha value is -1.22. The summed E-state index contributed by atoms with van der Waals surface area (Å²) >= 11 is 6.10. The summed E-state index contributed by atoms with van der Waals surface area (Å²) in [5, 5.41) is 7.34. The molecule has 0 bridgehead atoms. The number of ether oxygens (including phenoxy) is 1. The van der Waals surface area contributed by atoms with Crippen molar-refractivity contribution in [3.05, 3.63) is 29.3 Å². The van der Waals surface area contributed by atoms with Crippen LogP contribution < -0.4 is 15.4 Å². The molecule has 1 aliphatic heterocycles. The number of carbonyl (C=O) groups excluding carboxylic acids is 1. The highest BCUT2D eigenvalue weighted by Crippen LogP contribution is 2.28. The van der Waals surface area contributed by atoms with E-state index >= 15 is 0 Å². The molecular formula is C21H32ClIN4O2. The fourth-order valence-electron chi connectivity index (χ4n) is 3.90. The number of nitrogens with zero attached hydrogens (tertiary/aromatic N) is 2. The van der Waals surface area contributed by atoms with Gasteiger partial charge in [-0.1, -0.05) is 36.6 Å². The van der Waals surface area contributed by atoms with Crippen molar-refractivity contribution in [3.63, 3.8) is 0 Å². The summed E-state index contributed by atoms with van der Waals surface area (Å²) in [6.45, 7) is 5.41. The Kier molecular flexibility index (Phi) is 10.3. The van der Waals surface area contributed by atoms with E-state index in [2.05, 4.69) is 15.6 Å². The topological polar surface area (TPSA) is 66.0 Å². The molecule has 1 aliphatic carbocycles. The van der Waals surface area contributed by atoms with E-state index in [-0.39, 0.29) is 35.9 Å². The maximum Gasteiger partial charge on any atom is 0.225 e. The first kappa shape index (κ1) is 24.1. The molecule has 1 amide bonds. The molecule has 3 rings (SSSR count). The molecule has 1 unspecified atom stereocenters. The lowest BCUT2D eigenvalue weighted by Gasteiger charge is -2.21. The highest BCUT2D eigenvalue weighted by atomic mass is 127. The van der Waals surface area contributed by atoms with Crippen molar-refractivity contribution < 1.29 is 9.53 Å². The van der Waals surface area contributed by atoms with Gasteiger partial charge in [-0.25, -0.2) is 4.99 Å². The number of benzene rings is 1. The lowest BCUT2D eigenvalue weighted by Crippen LogP contribution is -2.45. The minimum absolute atomic E-state index is 0. The van der Waals surface area contributed by atoms with E-state index in [4.69, 9.17) is 16.3 Å². The van der Waals surface area contributed by atoms with Crippen LogP contribution in [0.15, 0.2) is 29.3 Å². The fourth-order valence-corrected chi connectivity index (χ4v) is 4.09. The van der Waals surface area contributed by atoms with E-state index in [1.165, 1.54) is 12.8 Å². The minimum atomic E-state index is 0. The zero-order valence-electron chi connectivity index (χ0n) is 17.0. The quantitative estimate of drug-likeness (QED) is 0.242. The fraction of sp³-hybridized carbons (Fsp3) is 0.619. The summed E-state index contributed by atoms with van der Waals surface area (Å²) in [4.78, 5) is 19.2. The van der Waals surface area contributed by atoms with E-state index in [9.17, 15) is 4.79 Å². The minimum Gasteiger partial charge on any atom is -0.490 e. The number of amides is 1. The van der Waals surface area contributed by atoms with Gasteiger partial charge >= 0.3 is 0 Å². The van der Waals surface area contributed by atoms with Crippen LogP contribution in [0.4, 0.5) is 0 Å². The van der Waals surface area contributed by atoms with Gasteiger partial charge in [0.15, 0.2) is 5.96 Å². The number of para-hydroxylation sites is 1. The second kappa shape index (κ2) is 12.5. The summed E-state index contributed by atoms with van der Waals surface area (Å²) in [7, 11) is 0. The van der Waals surface area contributed by atoms with Gasteiger partial charge in [0, 0.05) is 31.6 Å². The third kappa shape index (κ3) is 7.20. The molecule has 1 aromatic rings. The average Bonchev–Trinajstić information content (AvgIpc) is 3.38. The van der Waals surface area contributed by atoms with Crippen molar-refractivity contribution in [2.75, 3.05) is 32.8 Å². The number of hydrogen-bond donors (Lipinski definition) is 2. The van der Waals surface area contributed by atoms with E-state index in [1.54, 1.807) is 0 Å². The molecule has 2 aliphatic rings.